The van der Waals surface area contributed by atoms with E-state index in [4.69, 9.17) is 9.47 Å². The Morgan fingerprint density at radius 3 is 2.68 bits per heavy atom. The van der Waals surface area contributed by atoms with E-state index in [1.807, 2.05) is 12.3 Å². The Morgan fingerprint density at radius 2 is 1.90 bits per heavy atom. The topological polar surface area (TPSA) is 102 Å². The summed E-state index contributed by atoms with van der Waals surface area (Å²) in [7, 11) is 3.12. The monoisotopic (exact) mass is 417 g/mol. The van der Waals surface area contributed by atoms with Gasteiger partial charge >= 0.3 is 0 Å². The Labute approximate surface area is 179 Å². The maximum absolute atomic E-state index is 13.1. The van der Waals surface area contributed by atoms with E-state index >= 15 is 0 Å². The molecule has 0 atom stereocenters. The molecule has 2 N–H and O–H groups in total. The molecule has 8 heteroatoms. The molecule has 8 nitrogen and oxygen atoms in total. The molecule has 0 aliphatic carbocycles. The predicted molar refractivity (Wildman–Crippen MR) is 117 cm³/mol. The standard InChI is InChI=1S/C23H23N5O3/c1-4-24-11-14-7-16(13-25-12-14)17-8-15(5-6-26-17)22(29)23-27-18-9-20(30-2)21(31-3)10-19(18)28-23/h5-10,12-13,24H,4,11H2,1-3H3,(H,27,28). The molecule has 0 bridgehead atoms. The zero-order valence-electron chi connectivity index (χ0n) is 17.6. The fourth-order valence-corrected chi connectivity index (χ4v) is 3.30. The fourth-order valence-electron chi connectivity index (χ4n) is 3.30. The summed E-state index contributed by atoms with van der Waals surface area (Å²) >= 11 is 0. The number of fused-ring (bicyclic) bond motifs is 1. The number of rotatable bonds is 8. The summed E-state index contributed by atoms with van der Waals surface area (Å²) in [5.41, 5.74) is 4.38. The van der Waals surface area contributed by atoms with Crippen molar-refractivity contribution in [2.45, 2.75) is 13.5 Å². The molecule has 4 aromatic rings. The van der Waals surface area contributed by atoms with Crippen molar-refractivity contribution >= 4 is 16.8 Å². The van der Waals surface area contributed by atoms with E-state index in [1.165, 1.54) is 0 Å². The number of ether oxygens (including phenoxy) is 2. The number of nitrogens with one attached hydrogen (secondary N) is 2. The van der Waals surface area contributed by atoms with E-state index in [0.29, 0.717) is 33.8 Å². The van der Waals surface area contributed by atoms with Gasteiger partial charge in [0.15, 0.2) is 17.3 Å². The van der Waals surface area contributed by atoms with Crippen LogP contribution < -0.4 is 14.8 Å². The highest BCUT2D eigenvalue weighted by Gasteiger charge is 2.17. The number of aromatic nitrogens is 4. The van der Waals surface area contributed by atoms with E-state index in [2.05, 4.69) is 32.2 Å². The smallest absolute Gasteiger partial charge is 0.228 e. The van der Waals surface area contributed by atoms with Gasteiger partial charge in [-0.05, 0) is 30.3 Å². The van der Waals surface area contributed by atoms with Crippen LogP contribution >= 0.6 is 0 Å². The molecule has 0 saturated carbocycles. The van der Waals surface area contributed by atoms with Crippen molar-refractivity contribution in [3.8, 4) is 22.8 Å². The number of carbonyl (C=O) groups excluding carboxylic acids is 1. The number of hydrogen-bond acceptors (Lipinski definition) is 7. The SMILES string of the molecule is CCNCc1cncc(-c2cc(C(=O)c3nc4cc(OC)c(OC)cc4[nH]3)ccn2)c1. The minimum absolute atomic E-state index is 0.227. The number of carbonyl (C=O) groups is 1. The average molecular weight is 417 g/mol. The number of H-pyrrole nitrogens is 1. The van der Waals surface area contributed by atoms with Crippen molar-refractivity contribution in [1.29, 1.82) is 0 Å². The molecule has 0 aliphatic rings. The molecule has 3 aromatic heterocycles. The van der Waals surface area contributed by atoms with E-state index in [9.17, 15) is 4.79 Å². The molecular formula is C23H23N5O3. The minimum Gasteiger partial charge on any atom is -0.493 e. The molecule has 0 unspecified atom stereocenters. The number of ketones is 1. The van der Waals surface area contributed by atoms with Gasteiger partial charge in [0.1, 0.15) is 0 Å². The van der Waals surface area contributed by atoms with Gasteiger partial charge < -0.3 is 19.8 Å². The second kappa shape index (κ2) is 8.93. The van der Waals surface area contributed by atoms with Crippen LogP contribution in [0.15, 0.2) is 48.9 Å². The first kappa shape index (κ1) is 20.5. The lowest BCUT2D eigenvalue weighted by atomic mass is 10.1. The van der Waals surface area contributed by atoms with E-state index in [1.54, 1.807) is 50.9 Å². The highest BCUT2D eigenvalue weighted by Crippen LogP contribution is 2.31. The van der Waals surface area contributed by atoms with E-state index in [0.717, 1.165) is 24.2 Å². The second-order valence-corrected chi connectivity index (χ2v) is 6.93. The van der Waals surface area contributed by atoms with Gasteiger partial charge in [-0.15, -0.1) is 0 Å². The van der Waals surface area contributed by atoms with Crippen LogP contribution in [0.1, 0.15) is 28.7 Å². The summed E-state index contributed by atoms with van der Waals surface area (Å²) in [6.45, 7) is 3.65. The van der Waals surface area contributed by atoms with Crippen LogP contribution in [0.4, 0.5) is 0 Å². The summed E-state index contributed by atoms with van der Waals surface area (Å²) < 4.78 is 10.6. The molecule has 0 radical (unpaired) electrons. The van der Waals surface area contributed by atoms with Crippen molar-refractivity contribution in [3.05, 3.63) is 65.9 Å². The largest absolute Gasteiger partial charge is 0.493 e. The molecule has 1 aromatic carbocycles. The van der Waals surface area contributed by atoms with Crippen molar-refractivity contribution in [2.24, 2.45) is 0 Å². The van der Waals surface area contributed by atoms with Crippen LogP contribution in [0.5, 0.6) is 11.5 Å². The zero-order chi connectivity index (χ0) is 21.8. The van der Waals surface area contributed by atoms with Crippen LogP contribution in [0.3, 0.4) is 0 Å². The Balaban J connectivity index is 1.65. The molecule has 0 fully saturated rings. The fraction of sp³-hybridized carbons (Fsp3) is 0.217. The molecular weight excluding hydrogens is 394 g/mol. The van der Waals surface area contributed by atoms with Gasteiger partial charge in [0.05, 0.1) is 30.9 Å². The lowest BCUT2D eigenvalue weighted by Gasteiger charge is -2.06. The van der Waals surface area contributed by atoms with Crippen molar-refractivity contribution in [2.75, 3.05) is 20.8 Å². The molecule has 4 rings (SSSR count). The van der Waals surface area contributed by atoms with Crippen LogP contribution in [-0.4, -0.2) is 46.5 Å². The van der Waals surface area contributed by atoms with Crippen LogP contribution in [0.25, 0.3) is 22.3 Å². The summed E-state index contributed by atoms with van der Waals surface area (Å²) in [6.07, 6.45) is 5.18. The molecule has 3 heterocycles. The minimum atomic E-state index is -0.227. The number of benzene rings is 1. The third-order valence-electron chi connectivity index (χ3n) is 4.89. The quantitative estimate of drug-likeness (QED) is 0.424. The van der Waals surface area contributed by atoms with Crippen LogP contribution in [0.2, 0.25) is 0 Å². The molecule has 158 valence electrons. The summed E-state index contributed by atoms with van der Waals surface area (Å²) in [4.78, 5) is 29.3. The molecule has 0 spiro atoms. The van der Waals surface area contributed by atoms with Crippen molar-refractivity contribution < 1.29 is 14.3 Å². The maximum Gasteiger partial charge on any atom is 0.228 e. The zero-order valence-corrected chi connectivity index (χ0v) is 17.6. The Hall–Kier alpha value is -3.78. The first-order valence-electron chi connectivity index (χ1n) is 9.90. The molecule has 0 amide bonds. The Bertz CT molecular complexity index is 1190. The predicted octanol–water partition coefficient (Wildman–Crippen LogP) is 3.38. The number of hydrogen-bond donors (Lipinski definition) is 2. The van der Waals surface area contributed by atoms with Gasteiger partial charge in [0.2, 0.25) is 5.78 Å². The van der Waals surface area contributed by atoms with Crippen molar-refractivity contribution in [3.63, 3.8) is 0 Å². The van der Waals surface area contributed by atoms with Gasteiger partial charge in [-0.2, -0.15) is 0 Å². The van der Waals surface area contributed by atoms with Gasteiger partial charge in [-0.1, -0.05) is 6.92 Å². The molecule has 0 saturated heterocycles. The van der Waals surface area contributed by atoms with Gasteiger partial charge in [-0.3, -0.25) is 14.8 Å². The maximum atomic E-state index is 13.1. The lowest BCUT2D eigenvalue weighted by molar-refractivity contribution is 0.103. The van der Waals surface area contributed by atoms with E-state index < -0.39 is 0 Å². The number of aromatic amines is 1. The normalized spacial score (nSPS) is 10.9. The number of pyridine rings is 2. The van der Waals surface area contributed by atoms with Crippen LogP contribution in [-0.2, 0) is 6.54 Å². The first-order chi connectivity index (χ1) is 15.1. The highest BCUT2D eigenvalue weighted by atomic mass is 16.5. The van der Waals surface area contributed by atoms with Gasteiger partial charge in [0, 0.05) is 48.4 Å². The van der Waals surface area contributed by atoms with Crippen LogP contribution in [0, 0.1) is 0 Å². The lowest BCUT2D eigenvalue weighted by Crippen LogP contribution is -2.11. The van der Waals surface area contributed by atoms with Crippen molar-refractivity contribution in [1.82, 2.24) is 25.3 Å². The summed E-state index contributed by atoms with van der Waals surface area (Å²) in [6, 6.07) is 8.95. The Kier molecular flexibility index (Phi) is 5.90. The third kappa shape index (κ3) is 4.24. The summed E-state index contributed by atoms with van der Waals surface area (Å²) in [5, 5.41) is 3.28. The first-order valence-corrected chi connectivity index (χ1v) is 9.90. The number of nitrogens with zero attached hydrogens (tertiary/aromatic N) is 3. The van der Waals surface area contributed by atoms with Gasteiger partial charge in [0.25, 0.3) is 0 Å². The number of methoxy groups -OCH3 is 2. The summed E-state index contributed by atoms with van der Waals surface area (Å²) in [5.74, 6) is 1.13. The molecule has 31 heavy (non-hydrogen) atoms. The third-order valence-corrected chi connectivity index (χ3v) is 4.89. The molecule has 0 aliphatic heterocycles. The van der Waals surface area contributed by atoms with Gasteiger partial charge in [-0.25, -0.2) is 4.98 Å². The average Bonchev–Trinajstić information content (AvgIpc) is 3.24. The second-order valence-electron chi connectivity index (χ2n) is 6.93. The Morgan fingerprint density at radius 1 is 1.10 bits per heavy atom. The van der Waals surface area contributed by atoms with E-state index in [-0.39, 0.29) is 11.6 Å². The number of imidazole rings is 1. The highest BCUT2D eigenvalue weighted by molar-refractivity contribution is 6.08.